The smallest absolute Gasteiger partial charge is 0.167 e. The van der Waals surface area contributed by atoms with Gasteiger partial charge < -0.3 is 15.0 Å². The lowest BCUT2D eigenvalue weighted by molar-refractivity contribution is 0.0605. The van der Waals surface area contributed by atoms with Crippen molar-refractivity contribution in [1.82, 2.24) is 10.1 Å². The minimum absolute atomic E-state index is 0.456. The molecule has 0 spiro atoms. The molecule has 0 aliphatic carbocycles. The summed E-state index contributed by atoms with van der Waals surface area (Å²) in [5, 5.41) is 3.68. The standard InChI is InChI=1S/C12H21N3O2/c1-15(9-11-8-12(13)14-17-11)5-2-10-3-6-16-7-4-10/h8,10H,2-7,9H2,1H3,(H2,13,14). The summed E-state index contributed by atoms with van der Waals surface area (Å²) in [6.07, 6.45) is 3.62. The van der Waals surface area contributed by atoms with Crippen molar-refractivity contribution in [2.24, 2.45) is 5.92 Å². The van der Waals surface area contributed by atoms with Crippen molar-refractivity contribution in [1.29, 1.82) is 0 Å². The van der Waals surface area contributed by atoms with Crippen molar-refractivity contribution >= 4 is 5.82 Å². The second kappa shape index (κ2) is 6.02. The van der Waals surface area contributed by atoms with Crippen molar-refractivity contribution in [2.45, 2.75) is 25.8 Å². The highest BCUT2D eigenvalue weighted by Gasteiger charge is 2.14. The number of nitrogens with zero attached hydrogens (tertiary/aromatic N) is 2. The normalized spacial score (nSPS) is 17.8. The number of nitrogen functional groups attached to an aromatic ring is 1. The molecule has 5 nitrogen and oxygen atoms in total. The summed E-state index contributed by atoms with van der Waals surface area (Å²) in [7, 11) is 2.10. The summed E-state index contributed by atoms with van der Waals surface area (Å²) >= 11 is 0. The molecule has 96 valence electrons. The minimum atomic E-state index is 0.456. The number of hydrogen-bond donors (Lipinski definition) is 1. The van der Waals surface area contributed by atoms with Gasteiger partial charge in [0.1, 0.15) is 0 Å². The predicted octanol–water partition coefficient (Wildman–Crippen LogP) is 1.51. The Morgan fingerprint density at radius 2 is 2.24 bits per heavy atom. The number of hydrogen-bond acceptors (Lipinski definition) is 5. The fourth-order valence-corrected chi connectivity index (χ4v) is 2.19. The Hall–Kier alpha value is -1.07. The molecule has 2 N–H and O–H groups in total. The van der Waals surface area contributed by atoms with Gasteiger partial charge in [0, 0.05) is 19.3 Å². The Balaban J connectivity index is 1.68. The first-order valence-corrected chi connectivity index (χ1v) is 6.21. The number of aromatic nitrogens is 1. The van der Waals surface area contributed by atoms with Crippen LogP contribution in [-0.2, 0) is 11.3 Å². The molecular formula is C12H21N3O2. The third kappa shape index (κ3) is 4.02. The highest BCUT2D eigenvalue weighted by Crippen LogP contribution is 2.19. The first-order chi connectivity index (χ1) is 8.24. The Bertz CT molecular complexity index is 334. The first-order valence-electron chi connectivity index (χ1n) is 6.21. The van der Waals surface area contributed by atoms with Crippen LogP contribution in [0.3, 0.4) is 0 Å². The zero-order valence-electron chi connectivity index (χ0n) is 10.4. The lowest BCUT2D eigenvalue weighted by Crippen LogP contribution is -2.24. The van der Waals surface area contributed by atoms with Crippen molar-refractivity contribution in [3.05, 3.63) is 11.8 Å². The molecule has 0 unspecified atom stereocenters. The number of anilines is 1. The van der Waals surface area contributed by atoms with Gasteiger partial charge in [-0.25, -0.2) is 0 Å². The highest BCUT2D eigenvalue weighted by atomic mass is 16.5. The Morgan fingerprint density at radius 3 is 2.88 bits per heavy atom. The summed E-state index contributed by atoms with van der Waals surface area (Å²) in [5.41, 5.74) is 5.51. The maximum Gasteiger partial charge on any atom is 0.167 e. The highest BCUT2D eigenvalue weighted by molar-refractivity contribution is 5.26. The van der Waals surface area contributed by atoms with E-state index in [-0.39, 0.29) is 0 Å². The lowest BCUT2D eigenvalue weighted by atomic mass is 9.96. The Morgan fingerprint density at radius 1 is 1.47 bits per heavy atom. The quantitative estimate of drug-likeness (QED) is 0.843. The van der Waals surface area contributed by atoms with Gasteiger partial charge in [-0.1, -0.05) is 5.16 Å². The molecule has 0 amide bonds. The van der Waals surface area contributed by atoms with Gasteiger partial charge in [0.25, 0.3) is 0 Å². The van der Waals surface area contributed by atoms with Gasteiger partial charge >= 0.3 is 0 Å². The molecule has 0 bridgehead atoms. The number of ether oxygens (including phenoxy) is 1. The number of rotatable bonds is 5. The molecule has 0 aromatic carbocycles. The van der Waals surface area contributed by atoms with E-state index in [9.17, 15) is 0 Å². The van der Waals surface area contributed by atoms with Crippen LogP contribution in [0.5, 0.6) is 0 Å². The SMILES string of the molecule is CN(CCC1CCOCC1)Cc1cc(N)no1. The second-order valence-corrected chi connectivity index (χ2v) is 4.80. The summed E-state index contributed by atoms with van der Waals surface area (Å²) in [6.45, 7) is 3.69. The van der Waals surface area contributed by atoms with E-state index < -0.39 is 0 Å². The molecule has 1 aromatic heterocycles. The van der Waals surface area contributed by atoms with Crippen molar-refractivity contribution in [3.8, 4) is 0 Å². The maximum atomic E-state index is 5.51. The summed E-state index contributed by atoms with van der Waals surface area (Å²) in [6, 6.07) is 1.78. The largest absolute Gasteiger partial charge is 0.381 e. The molecule has 5 heteroatoms. The fourth-order valence-electron chi connectivity index (χ4n) is 2.19. The van der Waals surface area contributed by atoms with Gasteiger partial charge in [-0.3, -0.25) is 4.90 Å². The van der Waals surface area contributed by atoms with Crippen LogP contribution in [0.4, 0.5) is 5.82 Å². The Kier molecular flexibility index (Phi) is 4.39. The van der Waals surface area contributed by atoms with E-state index >= 15 is 0 Å². The summed E-state index contributed by atoms with van der Waals surface area (Å²) in [5.74, 6) is 2.10. The van der Waals surface area contributed by atoms with Crippen molar-refractivity contribution < 1.29 is 9.26 Å². The zero-order valence-corrected chi connectivity index (χ0v) is 10.4. The van der Waals surface area contributed by atoms with E-state index in [1.165, 1.54) is 19.3 Å². The van der Waals surface area contributed by atoms with Crippen molar-refractivity contribution in [3.63, 3.8) is 0 Å². The fraction of sp³-hybridized carbons (Fsp3) is 0.750. The van der Waals surface area contributed by atoms with Gasteiger partial charge in [0.15, 0.2) is 11.6 Å². The molecule has 17 heavy (non-hydrogen) atoms. The van der Waals surface area contributed by atoms with Crippen LogP contribution in [0.15, 0.2) is 10.6 Å². The zero-order chi connectivity index (χ0) is 12.1. The molecule has 1 saturated heterocycles. The van der Waals surface area contributed by atoms with Gasteiger partial charge in [0.05, 0.1) is 6.54 Å². The van der Waals surface area contributed by atoms with Crippen LogP contribution in [0.2, 0.25) is 0 Å². The molecule has 1 aliphatic heterocycles. The van der Waals surface area contributed by atoms with Gasteiger partial charge in [-0.15, -0.1) is 0 Å². The summed E-state index contributed by atoms with van der Waals surface area (Å²) < 4.78 is 10.4. The Labute approximate surface area is 102 Å². The topological polar surface area (TPSA) is 64.5 Å². The molecule has 1 aliphatic rings. The monoisotopic (exact) mass is 239 g/mol. The molecule has 1 aromatic rings. The third-order valence-corrected chi connectivity index (χ3v) is 3.26. The van der Waals surface area contributed by atoms with Crippen LogP contribution >= 0.6 is 0 Å². The van der Waals surface area contributed by atoms with E-state index in [0.717, 1.165) is 38.0 Å². The van der Waals surface area contributed by atoms with E-state index in [0.29, 0.717) is 5.82 Å². The molecular weight excluding hydrogens is 218 g/mol. The van der Waals surface area contributed by atoms with E-state index in [1.54, 1.807) is 6.07 Å². The van der Waals surface area contributed by atoms with Crippen LogP contribution in [0.25, 0.3) is 0 Å². The maximum absolute atomic E-state index is 5.51. The van der Waals surface area contributed by atoms with Crippen LogP contribution in [0, 0.1) is 5.92 Å². The average molecular weight is 239 g/mol. The van der Waals surface area contributed by atoms with E-state index in [4.69, 9.17) is 15.0 Å². The van der Waals surface area contributed by atoms with Crippen LogP contribution in [-0.4, -0.2) is 36.9 Å². The summed E-state index contributed by atoms with van der Waals surface area (Å²) in [4.78, 5) is 2.25. The van der Waals surface area contributed by atoms with Crippen LogP contribution in [0.1, 0.15) is 25.0 Å². The molecule has 0 radical (unpaired) electrons. The third-order valence-electron chi connectivity index (χ3n) is 3.26. The van der Waals surface area contributed by atoms with Crippen molar-refractivity contribution in [2.75, 3.05) is 32.5 Å². The molecule has 2 rings (SSSR count). The van der Waals surface area contributed by atoms with Gasteiger partial charge in [-0.2, -0.15) is 0 Å². The van der Waals surface area contributed by atoms with E-state index in [2.05, 4.69) is 17.1 Å². The number of nitrogens with two attached hydrogens (primary N) is 1. The average Bonchev–Trinajstić information content (AvgIpc) is 2.73. The predicted molar refractivity (Wildman–Crippen MR) is 65.4 cm³/mol. The minimum Gasteiger partial charge on any atom is -0.381 e. The van der Waals surface area contributed by atoms with Crippen LogP contribution < -0.4 is 5.73 Å². The molecule has 0 atom stereocenters. The van der Waals surface area contributed by atoms with E-state index in [1.807, 2.05) is 0 Å². The first kappa shape index (κ1) is 12.4. The van der Waals surface area contributed by atoms with Gasteiger partial charge in [-0.05, 0) is 38.8 Å². The molecule has 2 heterocycles. The van der Waals surface area contributed by atoms with Gasteiger partial charge in [0.2, 0.25) is 0 Å². The lowest BCUT2D eigenvalue weighted by Gasteiger charge is -2.24. The molecule has 1 fully saturated rings. The second-order valence-electron chi connectivity index (χ2n) is 4.80. The molecule has 0 saturated carbocycles.